The van der Waals surface area contributed by atoms with Crippen molar-refractivity contribution in [2.75, 3.05) is 19.6 Å². The van der Waals surface area contributed by atoms with Crippen molar-refractivity contribution in [3.05, 3.63) is 69.2 Å². The zero-order valence-electron chi connectivity index (χ0n) is 18.2. The van der Waals surface area contributed by atoms with Crippen molar-refractivity contribution < 1.29 is 9.59 Å². The van der Waals surface area contributed by atoms with Crippen LogP contribution in [0.5, 0.6) is 0 Å². The predicted octanol–water partition coefficient (Wildman–Crippen LogP) is 3.79. The maximum absolute atomic E-state index is 13.4. The highest BCUT2D eigenvalue weighted by Gasteiger charge is 2.53. The van der Waals surface area contributed by atoms with E-state index in [1.54, 1.807) is 12.1 Å². The van der Waals surface area contributed by atoms with Gasteiger partial charge in [-0.05, 0) is 68.5 Å². The number of carbonyl (C=O) groups is 2. The van der Waals surface area contributed by atoms with Gasteiger partial charge in [0.05, 0.1) is 5.41 Å². The number of rotatable bonds is 8. The third-order valence-corrected chi connectivity index (χ3v) is 7.09. The molecule has 7 heteroatoms. The Bertz CT molecular complexity index is 983. The summed E-state index contributed by atoms with van der Waals surface area (Å²) < 4.78 is 0. The highest BCUT2D eigenvalue weighted by molar-refractivity contribution is 6.35. The molecule has 1 saturated carbocycles. The Hall–Kier alpha value is -2.08. The third kappa shape index (κ3) is 5.28. The van der Waals surface area contributed by atoms with Crippen LogP contribution in [0.15, 0.2) is 42.5 Å². The number of halogens is 2. The summed E-state index contributed by atoms with van der Waals surface area (Å²) in [4.78, 5) is 26.5. The number of carbonyl (C=O) groups excluding carboxylic acids is 2. The lowest BCUT2D eigenvalue weighted by atomic mass is 9.93. The van der Waals surface area contributed by atoms with E-state index in [1.165, 1.54) is 0 Å². The van der Waals surface area contributed by atoms with E-state index in [2.05, 4.69) is 16.0 Å². The molecule has 2 atom stereocenters. The minimum Gasteiger partial charge on any atom is -0.354 e. The molecule has 0 spiro atoms. The molecule has 2 fully saturated rings. The van der Waals surface area contributed by atoms with E-state index < -0.39 is 11.5 Å². The van der Waals surface area contributed by atoms with E-state index >= 15 is 0 Å². The topological polar surface area (TPSA) is 70.2 Å². The highest BCUT2D eigenvalue weighted by Crippen LogP contribution is 2.51. The van der Waals surface area contributed by atoms with E-state index in [4.69, 9.17) is 23.2 Å². The summed E-state index contributed by atoms with van der Waals surface area (Å²) in [7, 11) is 0. The van der Waals surface area contributed by atoms with Gasteiger partial charge in [-0.2, -0.15) is 0 Å². The molecule has 1 saturated heterocycles. The van der Waals surface area contributed by atoms with Crippen LogP contribution in [0.1, 0.15) is 36.0 Å². The Morgan fingerprint density at radius 1 is 1.16 bits per heavy atom. The molecule has 5 nitrogen and oxygen atoms in total. The first-order valence-electron chi connectivity index (χ1n) is 11.2. The summed E-state index contributed by atoms with van der Waals surface area (Å²) in [5.41, 5.74) is 2.24. The Morgan fingerprint density at radius 2 is 1.91 bits per heavy atom. The van der Waals surface area contributed by atoms with Crippen LogP contribution in [0.3, 0.4) is 0 Å². The molecule has 1 aliphatic carbocycles. The van der Waals surface area contributed by atoms with Gasteiger partial charge in [0.25, 0.3) is 0 Å². The lowest BCUT2D eigenvalue weighted by Gasteiger charge is -2.24. The second kappa shape index (κ2) is 9.82. The van der Waals surface area contributed by atoms with Gasteiger partial charge in [-0.25, -0.2) is 0 Å². The molecular weight excluding hydrogens is 445 g/mol. The molecule has 0 bridgehead atoms. The van der Waals surface area contributed by atoms with Crippen molar-refractivity contribution in [2.45, 2.75) is 44.1 Å². The summed E-state index contributed by atoms with van der Waals surface area (Å²) >= 11 is 12.5. The van der Waals surface area contributed by atoms with Gasteiger partial charge < -0.3 is 16.0 Å². The molecule has 2 amide bonds. The van der Waals surface area contributed by atoms with Crippen molar-refractivity contribution in [1.29, 1.82) is 0 Å². The molecule has 2 aliphatic rings. The summed E-state index contributed by atoms with van der Waals surface area (Å²) in [5, 5.41) is 10.4. The van der Waals surface area contributed by atoms with Crippen LogP contribution < -0.4 is 16.0 Å². The van der Waals surface area contributed by atoms with E-state index in [-0.39, 0.29) is 11.8 Å². The largest absolute Gasteiger partial charge is 0.354 e. The van der Waals surface area contributed by atoms with Gasteiger partial charge in [0.15, 0.2) is 0 Å². The molecule has 0 radical (unpaired) electrons. The van der Waals surface area contributed by atoms with Crippen LogP contribution in [0.25, 0.3) is 0 Å². The molecule has 170 valence electrons. The SMILES string of the molecule is Cc1ccc(CC(NC(=O)C2(c3ccc(Cl)cc3Cl)CC2)C(=O)NCC2CCNC2)cc1. The lowest BCUT2D eigenvalue weighted by Crippen LogP contribution is -2.51. The number of benzene rings is 2. The zero-order chi connectivity index (χ0) is 22.7. The Morgan fingerprint density at radius 3 is 2.53 bits per heavy atom. The highest BCUT2D eigenvalue weighted by atomic mass is 35.5. The molecule has 2 aromatic rings. The fourth-order valence-corrected chi connectivity index (χ4v) is 4.93. The molecule has 3 N–H and O–H groups in total. The summed E-state index contributed by atoms with van der Waals surface area (Å²) in [6.07, 6.45) is 2.89. The van der Waals surface area contributed by atoms with Gasteiger partial charge in [0.1, 0.15) is 6.04 Å². The van der Waals surface area contributed by atoms with Gasteiger partial charge in [-0.3, -0.25) is 9.59 Å². The average Bonchev–Trinajstić information content (AvgIpc) is 3.40. The predicted molar refractivity (Wildman–Crippen MR) is 128 cm³/mol. The smallest absolute Gasteiger partial charge is 0.242 e. The fraction of sp³-hybridized carbons (Fsp3) is 0.440. The average molecular weight is 474 g/mol. The summed E-state index contributed by atoms with van der Waals surface area (Å²) in [6, 6.07) is 12.6. The first-order chi connectivity index (χ1) is 15.4. The zero-order valence-corrected chi connectivity index (χ0v) is 19.7. The van der Waals surface area contributed by atoms with E-state index in [9.17, 15) is 9.59 Å². The minimum absolute atomic E-state index is 0.149. The molecule has 1 aliphatic heterocycles. The van der Waals surface area contributed by atoms with Crippen LogP contribution in [0.2, 0.25) is 10.0 Å². The number of amides is 2. The standard InChI is InChI=1S/C25H29Cl2N3O2/c1-16-2-4-17(5-3-16)12-22(23(31)29-15-18-8-11-28-14-18)30-24(32)25(9-10-25)20-7-6-19(26)13-21(20)27/h2-7,13,18,22,28H,8-12,14-15H2,1H3,(H,29,31)(H,30,32). The molecule has 4 rings (SSSR count). The second-order valence-electron chi connectivity index (χ2n) is 9.03. The van der Waals surface area contributed by atoms with E-state index in [0.29, 0.717) is 41.8 Å². The van der Waals surface area contributed by atoms with E-state index in [1.807, 2.05) is 37.3 Å². The van der Waals surface area contributed by atoms with Crippen LogP contribution in [0, 0.1) is 12.8 Å². The van der Waals surface area contributed by atoms with Gasteiger partial charge in [-0.15, -0.1) is 0 Å². The first-order valence-corrected chi connectivity index (χ1v) is 11.9. The molecule has 0 aromatic heterocycles. The fourth-order valence-electron chi connectivity index (χ4n) is 4.34. The Balaban J connectivity index is 1.50. The maximum atomic E-state index is 13.4. The quantitative estimate of drug-likeness (QED) is 0.546. The molecule has 2 aromatic carbocycles. The Labute approximate surface area is 199 Å². The normalized spacial score (nSPS) is 19.9. The van der Waals surface area contributed by atoms with Crippen LogP contribution in [-0.2, 0) is 21.4 Å². The lowest BCUT2D eigenvalue weighted by molar-refractivity contribution is -0.130. The van der Waals surface area contributed by atoms with Gasteiger partial charge in [0.2, 0.25) is 11.8 Å². The molecular formula is C25H29Cl2N3O2. The number of nitrogens with one attached hydrogen (secondary N) is 3. The van der Waals surface area contributed by atoms with E-state index in [0.717, 1.165) is 36.2 Å². The van der Waals surface area contributed by atoms with Crippen LogP contribution >= 0.6 is 23.2 Å². The molecule has 1 heterocycles. The number of hydrogen-bond donors (Lipinski definition) is 3. The van der Waals surface area contributed by atoms with Gasteiger partial charge in [0, 0.05) is 23.0 Å². The molecule has 2 unspecified atom stereocenters. The Kier molecular flexibility index (Phi) is 7.08. The number of hydrogen-bond acceptors (Lipinski definition) is 3. The molecule has 32 heavy (non-hydrogen) atoms. The summed E-state index contributed by atoms with van der Waals surface area (Å²) in [6.45, 7) is 4.53. The minimum atomic E-state index is -0.692. The monoisotopic (exact) mass is 473 g/mol. The van der Waals surface area contributed by atoms with Crippen molar-refractivity contribution in [3.63, 3.8) is 0 Å². The second-order valence-corrected chi connectivity index (χ2v) is 9.87. The van der Waals surface area contributed by atoms with Gasteiger partial charge in [-0.1, -0.05) is 59.1 Å². The van der Waals surface area contributed by atoms with Crippen LogP contribution in [0.4, 0.5) is 0 Å². The van der Waals surface area contributed by atoms with Crippen molar-refractivity contribution in [2.24, 2.45) is 5.92 Å². The maximum Gasteiger partial charge on any atom is 0.242 e. The van der Waals surface area contributed by atoms with Crippen molar-refractivity contribution in [3.8, 4) is 0 Å². The number of aryl methyl sites for hydroxylation is 1. The van der Waals surface area contributed by atoms with Gasteiger partial charge >= 0.3 is 0 Å². The van der Waals surface area contributed by atoms with Crippen LogP contribution in [-0.4, -0.2) is 37.5 Å². The first kappa shape index (κ1) is 23.1. The van der Waals surface area contributed by atoms with Crippen molar-refractivity contribution in [1.82, 2.24) is 16.0 Å². The van der Waals surface area contributed by atoms with Crippen molar-refractivity contribution >= 4 is 35.0 Å². The summed E-state index contributed by atoms with van der Waals surface area (Å²) in [5.74, 6) is 0.123. The third-order valence-electron chi connectivity index (χ3n) is 6.54.